The number of rotatable bonds is 6. The van der Waals surface area contributed by atoms with Crippen molar-refractivity contribution in [1.29, 1.82) is 0 Å². The quantitative estimate of drug-likeness (QED) is 0.615. The number of carbonyl (C=O) groups excluding carboxylic acids is 1. The van der Waals surface area contributed by atoms with Crippen LogP contribution in [0, 0.1) is 0 Å². The lowest BCUT2D eigenvalue weighted by atomic mass is 9.96. The van der Waals surface area contributed by atoms with E-state index < -0.39 is 0 Å². The molecule has 1 unspecified atom stereocenters. The molecule has 2 aromatic rings. The normalized spacial score (nSPS) is 15.8. The summed E-state index contributed by atoms with van der Waals surface area (Å²) in [7, 11) is 0. The Kier molecular flexibility index (Phi) is 10.9. The molecule has 0 bridgehead atoms. The van der Waals surface area contributed by atoms with Gasteiger partial charge in [-0.15, -0.1) is 24.8 Å². The Morgan fingerprint density at radius 3 is 2.11 bits per heavy atom. The first-order valence-corrected chi connectivity index (χ1v) is 9.41. The van der Waals surface area contributed by atoms with Crippen LogP contribution in [0.5, 0.6) is 0 Å². The van der Waals surface area contributed by atoms with Gasteiger partial charge < -0.3 is 4.74 Å². The van der Waals surface area contributed by atoms with Crippen LogP contribution in [0.4, 0.5) is 0 Å². The summed E-state index contributed by atoms with van der Waals surface area (Å²) in [5.41, 5.74) is 2.55. The predicted molar refractivity (Wildman–Crippen MR) is 119 cm³/mol. The molecule has 1 fully saturated rings. The van der Waals surface area contributed by atoms with Gasteiger partial charge in [-0.05, 0) is 23.3 Å². The van der Waals surface area contributed by atoms with Crippen LogP contribution in [-0.2, 0) is 9.53 Å². The van der Waals surface area contributed by atoms with Crippen LogP contribution in [0.25, 0.3) is 0 Å². The second-order valence-electron chi connectivity index (χ2n) is 6.58. The number of ether oxygens (including phenoxy) is 1. The first-order valence-electron chi connectivity index (χ1n) is 9.03. The summed E-state index contributed by atoms with van der Waals surface area (Å²) in [4.78, 5) is 15.8. The first kappa shape index (κ1) is 24.7. The number of halogens is 3. The Morgan fingerprint density at radius 2 is 1.54 bits per heavy atom. The molecule has 2 aromatic carbocycles. The van der Waals surface area contributed by atoms with E-state index in [0.717, 1.165) is 37.7 Å². The molecule has 4 nitrogen and oxygen atoms in total. The zero-order valence-electron chi connectivity index (χ0n) is 15.9. The van der Waals surface area contributed by atoms with Crippen molar-refractivity contribution in [3.8, 4) is 0 Å². The maximum atomic E-state index is 10.9. The van der Waals surface area contributed by atoms with Gasteiger partial charge in [0.15, 0.2) is 0 Å². The van der Waals surface area contributed by atoms with E-state index in [9.17, 15) is 4.79 Å². The molecule has 1 atom stereocenters. The first-order chi connectivity index (χ1) is 12.6. The van der Waals surface area contributed by atoms with E-state index in [4.69, 9.17) is 16.3 Å². The fourth-order valence-electron chi connectivity index (χ4n) is 3.46. The van der Waals surface area contributed by atoms with Crippen molar-refractivity contribution in [1.82, 2.24) is 9.80 Å². The number of esters is 1. The Bertz CT molecular complexity index is 705. The molecule has 154 valence electrons. The van der Waals surface area contributed by atoms with Crippen molar-refractivity contribution in [2.75, 3.05) is 39.3 Å². The highest BCUT2D eigenvalue weighted by Crippen LogP contribution is 2.30. The highest BCUT2D eigenvalue weighted by atomic mass is 35.5. The molecule has 1 saturated heterocycles. The number of hydrogen-bond donors (Lipinski definition) is 0. The lowest BCUT2D eigenvalue weighted by molar-refractivity contribution is -0.141. The van der Waals surface area contributed by atoms with Crippen LogP contribution >= 0.6 is 36.4 Å². The molecular formula is C21H27Cl3N2O2. The molecule has 1 aliphatic rings. The summed E-state index contributed by atoms with van der Waals surface area (Å²) < 4.78 is 5.06. The number of benzene rings is 2. The van der Waals surface area contributed by atoms with Gasteiger partial charge >= 0.3 is 5.97 Å². The second kappa shape index (κ2) is 12.3. The fraction of sp³-hybridized carbons (Fsp3) is 0.381. The summed E-state index contributed by atoms with van der Waals surface area (Å²) in [6.07, 6.45) is 0. The number of piperazine rings is 1. The van der Waals surface area contributed by atoms with E-state index in [-0.39, 0.29) is 36.8 Å². The summed E-state index contributed by atoms with van der Waals surface area (Å²) in [5.74, 6) is -0.212. The summed E-state index contributed by atoms with van der Waals surface area (Å²) >= 11 is 6.08. The lowest BCUT2D eigenvalue weighted by Crippen LogP contribution is -2.48. The van der Waals surface area contributed by atoms with E-state index in [1.165, 1.54) is 18.1 Å². The molecule has 0 aromatic heterocycles. The van der Waals surface area contributed by atoms with Gasteiger partial charge in [0, 0.05) is 44.7 Å². The molecule has 0 radical (unpaired) electrons. The number of hydrogen-bond acceptors (Lipinski definition) is 4. The van der Waals surface area contributed by atoms with Crippen molar-refractivity contribution in [2.24, 2.45) is 0 Å². The third kappa shape index (κ3) is 6.94. The van der Waals surface area contributed by atoms with E-state index >= 15 is 0 Å². The molecule has 0 saturated carbocycles. The van der Waals surface area contributed by atoms with Crippen LogP contribution in [0.2, 0.25) is 5.02 Å². The molecule has 0 aliphatic carbocycles. The molecule has 3 rings (SSSR count). The van der Waals surface area contributed by atoms with Crippen molar-refractivity contribution >= 4 is 42.4 Å². The molecule has 1 aliphatic heterocycles. The van der Waals surface area contributed by atoms with E-state index in [2.05, 4.69) is 52.3 Å². The van der Waals surface area contributed by atoms with Crippen LogP contribution in [0.15, 0.2) is 54.6 Å². The lowest BCUT2D eigenvalue weighted by Gasteiger charge is -2.39. The van der Waals surface area contributed by atoms with Gasteiger partial charge in [0.05, 0.1) is 6.04 Å². The molecule has 28 heavy (non-hydrogen) atoms. The average Bonchev–Trinajstić information content (AvgIpc) is 2.65. The van der Waals surface area contributed by atoms with Gasteiger partial charge in [0.2, 0.25) is 0 Å². The van der Waals surface area contributed by atoms with Crippen molar-refractivity contribution < 1.29 is 9.53 Å². The summed E-state index contributed by atoms with van der Waals surface area (Å²) in [5, 5.41) is 0.760. The highest BCUT2D eigenvalue weighted by molar-refractivity contribution is 6.30. The minimum Gasteiger partial charge on any atom is -0.465 e. The fourth-order valence-corrected chi connectivity index (χ4v) is 3.58. The summed E-state index contributed by atoms with van der Waals surface area (Å²) in [6, 6.07) is 19.0. The maximum Gasteiger partial charge on any atom is 0.302 e. The highest BCUT2D eigenvalue weighted by Gasteiger charge is 2.26. The summed E-state index contributed by atoms with van der Waals surface area (Å²) in [6.45, 7) is 6.61. The Labute approximate surface area is 184 Å². The monoisotopic (exact) mass is 444 g/mol. The molecule has 0 amide bonds. The number of nitrogens with zero attached hydrogens (tertiary/aromatic N) is 2. The zero-order chi connectivity index (χ0) is 18.4. The molecule has 7 heteroatoms. The van der Waals surface area contributed by atoms with Crippen LogP contribution in [-0.4, -0.2) is 55.1 Å². The molecule has 0 spiro atoms. The van der Waals surface area contributed by atoms with Gasteiger partial charge in [0.25, 0.3) is 0 Å². The molecule has 0 N–H and O–H groups in total. The van der Waals surface area contributed by atoms with E-state index in [0.29, 0.717) is 6.61 Å². The van der Waals surface area contributed by atoms with Gasteiger partial charge in [0.1, 0.15) is 6.61 Å². The SMILES string of the molecule is CC(=O)OCCN1CCN(C(c2ccccc2)c2ccc(Cl)cc2)CC1.Cl.Cl. The minimum absolute atomic E-state index is 0. The van der Waals surface area contributed by atoms with Gasteiger partial charge in [-0.25, -0.2) is 0 Å². The third-order valence-corrected chi connectivity index (χ3v) is 5.04. The predicted octanol–water partition coefficient (Wildman–Crippen LogP) is 4.45. The Hall–Kier alpha value is -1.30. The maximum absolute atomic E-state index is 10.9. The molecule has 1 heterocycles. The average molecular weight is 446 g/mol. The van der Waals surface area contributed by atoms with Gasteiger partial charge in [-0.3, -0.25) is 14.6 Å². The Morgan fingerprint density at radius 1 is 0.964 bits per heavy atom. The van der Waals surface area contributed by atoms with Crippen molar-refractivity contribution in [3.05, 3.63) is 70.7 Å². The van der Waals surface area contributed by atoms with Gasteiger partial charge in [-0.2, -0.15) is 0 Å². The van der Waals surface area contributed by atoms with Crippen LogP contribution in [0.3, 0.4) is 0 Å². The third-order valence-electron chi connectivity index (χ3n) is 4.79. The smallest absolute Gasteiger partial charge is 0.302 e. The number of carbonyl (C=O) groups is 1. The van der Waals surface area contributed by atoms with Crippen LogP contribution in [0.1, 0.15) is 24.1 Å². The van der Waals surface area contributed by atoms with Crippen molar-refractivity contribution in [3.63, 3.8) is 0 Å². The minimum atomic E-state index is -0.212. The molecular weight excluding hydrogens is 419 g/mol. The topological polar surface area (TPSA) is 32.8 Å². The van der Waals surface area contributed by atoms with Crippen molar-refractivity contribution in [2.45, 2.75) is 13.0 Å². The second-order valence-corrected chi connectivity index (χ2v) is 7.02. The van der Waals surface area contributed by atoms with Crippen LogP contribution < -0.4 is 0 Å². The Balaban J connectivity index is 0.00000196. The standard InChI is InChI=1S/C21H25ClN2O2.2ClH/c1-17(25)26-16-15-23-11-13-24(14-12-23)21(18-5-3-2-4-6-18)19-7-9-20(22)10-8-19;;/h2-10,21H,11-16H2,1H3;2*1H. The largest absolute Gasteiger partial charge is 0.465 e. The zero-order valence-corrected chi connectivity index (χ0v) is 18.3. The van der Waals surface area contributed by atoms with E-state index in [1.54, 1.807) is 0 Å². The van der Waals surface area contributed by atoms with Gasteiger partial charge in [-0.1, -0.05) is 54.1 Å². The van der Waals surface area contributed by atoms with E-state index in [1.807, 2.05) is 12.1 Å².